The first-order valence-electron chi connectivity index (χ1n) is 6.51. The maximum absolute atomic E-state index is 11.9. The Kier molecular flexibility index (Phi) is 3.84. The number of carboxylic acids is 1. The van der Waals surface area contributed by atoms with Gasteiger partial charge in [0.05, 0.1) is 5.56 Å². The van der Waals surface area contributed by atoms with Crippen LogP contribution in [-0.2, 0) is 5.41 Å². The molecule has 0 radical (unpaired) electrons. The van der Waals surface area contributed by atoms with Crippen molar-refractivity contribution in [1.82, 2.24) is 0 Å². The van der Waals surface area contributed by atoms with Gasteiger partial charge in [0.2, 0.25) is 0 Å². The number of hydrogen-bond donors (Lipinski definition) is 2. The van der Waals surface area contributed by atoms with Gasteiger partial charge < -0.3 is 14.8 Å². The molecule has 0 aliphatic carbocycles. The lowest BCUT2D eigenvalue weighted by Gasteiger charge is -2.19. The molecular formula is C16H17NO4. The number of carbonyl (C=O) groups is 2. The summed E-state index contributed by atoms with van der Waals surface area (Å²) in [6.07, 6.45) is 1.04. The van der Waals surface area contributed by atoms with Crippen molar-refractivity contribution in [3.63, 3.8) is 0 Å². The summed E-state index contributed by atoms with van der Waals surface area (Å²) in [5, 5.41) is 11.4. The van der Waals surface area contributed by atoms with E-state index in [1.807, 2.05) is 12.1 Å². The van der Waals surface area contributed by atoms with Crippen LogP contribution in [-0.4, -0.2) is 17.0 Å². The summed E-state index contributed by atoms with van der Waals surface area (Å²) < 4.78 is 4.95. The fourth-order valence-electron chi connectivity index (χ4n) is 1.81. The Balaban J connectivity index is 2.10. The largest absolute Gasteiger partial charge is 0.478 e. The molecule has 21 heavy (non-hydrogen) atoms. The molecule has 0 unspecified atom stereocenters. The lowest BCUT2D eigenvalue weighted by atomic mass is 9.87. The Morgan fingerprint density at radius 3 is 2.24 bits per heavy atom. The second-order valence-electron chi connectivity index (χ2n) is 5.79. The summed E-state index contributed by atoms with van der Waals surface area (Å²) in [5.74, 6) is -1.65. The Morgan fingerprint density at radius 1 is 1.14 bits per heavy atom. The number of hydrogen-bond acceptors (Lipinski definition) is 3. The summed E-state index contributed by atoms with van der Waals surface area (Å²) in [5.41, 5.74) is 1.77. The standard InChI is InChI=1S/C16H17NO4/c1-16(2,3)11-4-6-12(7-5-11)17-14(18)13-8-10(9-21-13)15(19)20/h4-9H,1-3H3,(H,17,18)(H,19,20). The van der Waals surface area contributed by atoms with E-state index in [-0.39, 0.29) is 16.7 Å². The van der Waals surface area contributed by atoms with Crippen LogP contribution in [0.3, 0.4) is 0 Å². The molecule has 2 rings (SSSR count). The summed E-state index contributed by atoms with van der Waals surface area (Å²) >= 11 is 0. The normalized spacial score (nSPS) is 11.2. The molecule has 0 aliphatic rings. The number of aromatic carboxylic acids is 1. The molecule has 1 amide bonds. The van der Waals surface area contributed by atoms with Crippen LogP contribution in [0, 0.1) is 0 Å². The van der Waals surface area contributed by atoms with Crippen molar-refractivity contribution in [2.45, 2.75) is 26.2 Å². The van der Waals surface area contributed by atoms with Gasteiger partial charge in [-0.25, -0.2) is 4.79 Å². The van der Waals surface area contributed by atoms with Gasteiger partial charge in [0.15, 0.2) is 5.76 Å². The van der Waals surface area contributed by atoms with Crippen LogP contribution in [0.2, 0.25) is 0 Å². The minimum absolute atomic E-state index is 0.0349. The SMILES string of the molecule is CC(C)(C)c1ccc(NC(=O)c2cc(C(=O)O)co2)cc1. The molecule has 0 fully saturated rings. The van der Waals surface area contributed by atoms with Crippen molar-refractivity contribution >= 4 is 17.6 Å². The van der Waals surface area contributed by atoms with Crippen LogP contribution < -0.4 is 5.32 Å². The van der Waals surface area contributed by atoms with E-state index in [4.69, 9.17) is 9.52 Å². The highest BCUT2D eigenvalue weighted by molar-refractivity contribution is 6.03. The van der Waals surface area contributed by atoms with Crippen LogP contribution in [0.25, 0.3) is 0 Å². The zero-order chi connectivity index (χ0) is 15.6. The van der Waals surface area contributed by atoms with Crippen molar-refractivity contribution in [3.05, 3.63) is 53.5 Å². The quantitative estimate of drug-likeness (QED) is 0.905. The third kappa shape index (κ3) is 3.51. The van der Waals surface area contributed by atoms with Gasteiger partial charge in [-0.15, -0.1) is 0 Å². The molecule has 5 heteroatoms. The molecular weight excluding hydrogens is 270 g/mol. The van der Waals surface area contributed by atoms with E-state index in [1.165, 1.54) is 6.07 Å². The van der Waals surface area contributed by atoms with E-state index in [2.05, 4.69) is 26.1 Å². The lowest BCUT2D eigenvalue weighted by molar-refractivity contribution is 0.0696. The highest BCUT2D eigenvalue weighted by atomic mass is 16.4. The molecule has 0 saturated carbocycles. The first kappa shape index (κ1) is 14.8. The highest BCUT2D eigenvalue weighted by Gasteiger charge is 2.16. The van der Waals surface area contributed by atoms with Crippen LogP contribution in [0.1, 0.15) is 47.2 Å². The lowest BCUT2D eigenvalue weighted by Crippen LogP contribution is -2.13. The minimum atomic E-state index is -1.13. The van der Waals surface area contributed by atoms with Gasteiger partial charge in [-0.1, -0.05) is 32.9 Å². The van der Waals surface area contributed by atoms with Crippen LogP contribution in [0.5, 0.6) is 0 Å². The fourth-order valence-corrected chi connectivity index (χ4v) is 1.81. The minimum Gasteiger partial charge on any atom is -0.478 e. The monoisotopic (exact) mass is 287 g/mol. The van der Waals surface area contributed by atoms with E-state index < -0.39 is 11.9 Å². The third-order valence-corrected chi connectivity index (χ3v) is 3.08. The number of carboxylic acid groups (broad SMARTS) is 1. The summed E-state index contributed by atoms with van der Waals surface area (Å²) in [4.78, 5) is 22.7. The van der Waals surface area contributed by atoms with Gasteiger partial charge in [-0.05, 0) is 23.1 Å². The van der Waals surface area contributed by atoms with Crippen molar-refractivity contribution in [3.8, 4) is 0 Å². The number of nitrogens with one attached hydrogen (secondary N) is 1. The van der Waals surface area contributed by atoms with Crippen molar-refractivity contribution in [1.29, 1.82) is 0 Å². The molecule has 0 bridgehead atoms. The summed E-state index contributed by atoms with van der Waals surface area (Å²) in [7, 11) is 0. The second-order valence-corrected chi connectivity index (χ2v) is 5.79. The Morgan fingerprint density at radius 2 is 1.76 bits per heavy atom. The van der Waals surface area contributed by atoms with Crippen molar-refractivity contribution in [2.24, 2.45) is 0 Å². The molecule has 0 saturated heterocycles. The van der Waals surface area contributed by atoms with Gasteiger partial charge in [0, 0.05) is 11.8 Å². The predicted octanol–water partition coefficient (Wildman–Crippen LogP) is 3.53. The van der Waals surface area contributed by atoms with E-state index in [9.17, 15) is 9.59 Å². The van der Waals surface area contributed by atoms with Gasteiger partial charge >= 0.3 is 5.97 Å². The number of benzene rings is 1. The predicted molar refractivity (Wildman–Crippen MR) is 78.8 cm³/mol. The Labute approximate surface area is 122 Å². The maximum Gasteiger partial charge on any atom is 0.338 e. The molecule has 1 aromatic heterocycles. The van der Waals surface area contributed by atoms with Crippen LogP contribution >= 0.6 is 0 Å². The zero-order valence-corrected chi connectivity index (χ0v) is 12.1. The smallest absolute Gasteiger partial charge is 0.338 e. The van der Waals surface area contributed by atoms with Gasteiger partial charge in [0.1, 0.15) is 6.26 Å². The van der Waals surface area contributed by atoms with E-state index in [1.54, 1.807) is 12.1 Å². The average molecular weight is 287 g/mol. The topological polar surface area (TPSA) is 79.5 Å². The van der Waals surface area contributed by atoms with E-state index in [0.717, 1.165) is 11.8 Å². The number of anilines is 1. The molecule has 5 nitrogen and oxygen atoms in total. The fraction of sp³-hybridized carbons (Fsp3) is 0.250. The average Bonchev–Trinajstić information content (AvgIpc) is 2.88. The molecule has 110 valence electrons. The van der Waals surface area contributed by atoms with Gasteiger partial charge in [-0.2, -0.15) is 0 Å². The third-order valence-electron chi connectivity index (χ3n) is 3.08. The van der Waals surface area contributed by atoms with Crippen molar-refractivity contribution < 1.29 is 19.1 Å². The van der Waals surface area contributed by atoms with E-state index >= 15 is 0 Å². The van der Waals surface area contributed by atoms with Crippen LogP contribution in [0.4, 0.5) is 5.69 Å². The number of rotatable bonds is 3. The Hall–Kier alpha value is -2.56. The second kappa shape index (κ2) is 5.44. The summed E-state index contributed by atoms with van der Waals surface area (Å²) in [6, 6.07) is 8.70. The highest BCUT2D eigenvalue weighted by Crippen LogP contribution is 2.23. The number of amides is 1. The first-order chi connectivity index (χ1) is 9.77. The van der Waals surface area contributed by atoms with Gasteiger partial charge in [-0.3, -0.25) is 4.79 Å². The van der Waals surface area contributed by atoms with E-state index in [0.29, 0.717) is 5.69 Å². The Bertz CT molecular complexity index is 662. The molecule has 1 heterocycles. The molecule has 2 aromatic rings. The molecule has 0 atom stereocenters. The molecule has 0 aliphatic heterocycles. The zero-order valence-electron chi connectivity index (χ0n) is 12.1. The first-order valence-corrected chi connectivity index (χ1v) is 6.51. The molecule has 1 aromatic carbocycles. The molecule has 0 spiro atoms. The van der Waals surface area contributed by atoms with Crippen LogP contribution in [0.15, 0.2) is 41.0 Å². The van der Waals surface area contributed by atoms with Crippen molar-refractivity contribution in [2.75, 3.05) is 5.32 Å². The van der Waals surface area contributed by atoms with Gasteiger partial charge in [0.25, 0.3) is 5.91 Å². The number of carbonyl (C=O) groups excluding carboxylic acids is 1. The summed E-state index contributed by atoms with van der Waals surface area (Å²) in [6.45, 7) is 6.32. The maximum atomic E-state index is 11.9. The number of furan rings is 1. The molecule has 2 N–H and O–H groups in total.